The van der Waals surface area contributed by atoms with Crippen molar-refractivity contribution in [2.24, 2.45) is 5.92 Å². The van der Waals surface area contributed by atoms with Crippen LogP contribution in [0.5, 0.6) is 0 Å². The van der Waals surface area contributed by atoms with Crippen LogP contribution in [0.25, 0.3) is 0 Å². The van der Waals surface area contributed by atoms with Crippen molar-refractivity contribution in [1.29, 1.82) is 0 Å². The van der Waals surface area contributed by atoms with E-state index in [1.165, 1.54) is 6.07 Å². The second-order valence-electron chi connectivity index (χ2n) is 8.55. The molecule has 0 saturated heterocycles. The Kier molecular flexibility index (Phi) is 5.87. The van der Waals surface area contributed by atoms with Crippen LogP contribution in [0.15, 0.2) is 18.3 Å². The monoisotopic (exact) mass is 472 g/mol. The molecule has 0 spiro atoms. The van der Waals surface area contributed by atoms with Gasteiger partial charge in [-0.25, -0.2) is 18.6 Å². The Bertz CT molecular complexity index is 1070. The van der Waals surface area contributed by atoms with Gasteiger partial charge in [0.2, 0.25) is 5.92 Å². The van der Waals surface area contributed by atoms with Gasteiger partial charge in [0.15, 0.2) is 0 Å². The maximum absolute atomic E-state index is 14.0. The zero-order valence-electron chi connectivity index (χ0n) is 17.3. The molecular formula is C21H21F5N4O3. The van der Waals surface area contributed by atoms with Gasteiger partial charge in [-0.3, -0.25) is 9.48 Å². The summed E-state index contributed by atoms with van der Waals surface area (Å²) in [4.78, 5) is 27.7. The Balaban J connectivity index is 1.69. The fourth-order valence-corrected chi connectivity index (χ4v) is 4.11. The zero-order valence-corrected chi connectivity index (χ0v) is 17.3. The van der Waals surface area contributed by atoms with Crippen molar-refractivity contribution in [3.8, 4) is 0 Å². The number of aromatic nitrogens is 3. The number of halogens is 5. The molecule has 0 aliphatic heterocycles. The van der Waals surface area contributed by atoms with Crippen LogP contribution in [0.1, 0.15) is 76.7 Å². The molecule has 0 aromatic carbocycles. The molecule has 2 N–H and O–H groups in total. The number of hydrogen-bond donors (Lipinski definition) is 2. The standard InChI is InChI=1S/C21H21F5N4O3/c22-20(23)6-3-11(4-7-20)10-30-17(15(21(24,25)26)16(29-30)12-1-2-12)18(31)28-13-5-8-27-14(9-13)19(32)33/h5,8-9,11-12H,1-4,6-7,10H2,(H,32,33)(H,27,28,31). The van der Waals surface area contributed by atoms with Crippen molar-refractivity contribution in [2.75, 3.05) is 5.32 Å². The first-order valence-electron chi connectivity index (χ1n) is 10.5. The molecule has 178 valence electrons. The van der Waals surface area contributed by atoms with Gasteiger partial charge >= 0.3 is 12.1 Å². The van der Waals surface area contributed by atoms with Crippen molar-refractivity contribution in [1.82, 2.24) is 14.8 Å². The average molecular weight is 472 g/mol. The highest BCUT2D eigenvalue weighted by Crippen LogP contribution is 2.47. The quantitative estimate of drug-likeness (QED) is 0.580. The SMILES string of the molecule is O=C(O)c1cc(NC(=O)c2c(C(F)(F)F)c(C3CC3)nn2CC2CCC(F)(F)CC2)ccn1. The number of hydrogen-bond acceptors (Lipinski definition) is 4. The summed E-state index contributed by atoms with van der Waals surface area (Å²) in [6.07, 6.45) is -3.22. The number of anilines is 1. The number of carboxylic acids is 1. The molecule has 2 aromatic heterocycles. The Morgan fingerprint density at radius 1 is 1.18 bits per heavy atom. The largest absolute Gasteiger partial charge is 0.477 e. The number of alkyl halides is 5. The Labute approximate surface area is 185 Å². The third-order valence-electron chi connectivity index (χ3n) is 5.95. The molecule has 33 heavy (non-hydrogen) atoms. The summed E-state index contributed by atoms with van der Waals surface area (Å²) < 4.78 is 70.1. The van der Waals surface area contributed by atoms with Crippen LogP contribution in [-0.2, 0) is 12.7 Å². The van der Waals surface area contributed by atoms with Crippen LogP contribution in [0, 0.1) is 5.92 Å². The van der Waals surface area contributed by atoms with E-state index < -0.39 is 41.2 Å². The first-order valence-corrected chi connectivity index (χ1v) is 10.5. The van der Waals surface area contributed by atoms with Gasteiger partial charge < -0.3 is 10.4 Å². The summed E-state index contributed by atoms with van der Waals surface area (Å²) >= 11 is 0. The summed E-state index contributed by atoms with van der Waals surface area (Å²) in [5.41, 5.74) is -2.47. The van der Waals surface area contributed by atoms with Crippen LogP contribution in [0.3, 0.4) is 0 Å². The van der Waals surface area contributed by atoms with Crippen LogP contribution in [0.4, 0.5) is 27.6 Å². The van der Waals surface area contributed by atoms with Crippen LogP contribution < -0.4 is 5.32 Å². The summed E-state index contributed by atoms with van der Waals surface area (Å²) in [5, 5.41) is 15.5. The van der Waals surface area contributed by atoms with Crippen LogP contribution in [0.2, 0.25) is 0 Å². The number of rotatable bonds is 6. The molecule has 2 fully saturated rings. The smallest absolute Gasteiger partial charge is 0.420 e. The van der Waals surface area contributed by atoms with E-state index in [0.717, 1.165) is 16.9 Å². The van der Waals surface area contributed by atoms with Gasteiger partial charge in [-0.15, -0.1) is 0 Å². The van der Waals surface area contributed by atoms with Crippen molar-refractivity contribution in [3.05, 3.63) is 41.0 Å². The molecule has 1 amide bonds. The molecule has 2 aliphatic rings. The molecular weight excluding hydrogens is 451 g/mol. The van der Waals surface area contributed by atoms with Gasteiger partial charge in [-0.05, 0) is 43.7 Å². The van der Waals surface area contributed by atoms with E-state index in [-0.39, 0.29) is 55.2 Å². The summed E-state index contributed by atoms with van der Waals surface area (Å²) in [6.45, 7) is -0.0919. The topological polar surface area (TPSA) is 97.1 Å². The van der Waals surface area contributed by atoms with Crippen molar-refractivity contribution < 1.29 is 36.6 Å². The van der Waals surface area contributed by atoms with Gasteiger partial charge in [-0.2, -0.15) is 18.3 Å². The molecule has 7 nitrogen and oxygen atoms in total. The minimum atomic E-state index is -4.85. The maximum Gasteiger partial charge on any atom is 0.420 e. The van der Waals surface area contributed by atoms with E-state index in [4.69, 9.17) is 5.11 Å². The number of nitrogens with one attached hydrogen (secondary N) is 1. The number of aromatic carboxylic acids is 1. The summed E-state index contributed by atoms with van der Waals surface area (Å²) in [5.74, 6) is -6.02. The third-order valence-corrected chi connectivity index (χ3v) is 5.95. The number of carboxylic acid groups (broad SMARTS) is 1. The molecule has 0 radical (unpaired) electrons. The predicted molar refractivity (Wildman–Crippen MR) is 105 cm³/mol. The van der Waals surface area contributed by atoms with Crippen molar-refractivity contribution in [3.63, 3.8) is 0 Å². The second kappa shape index (κ2) is 8.38. The normalized spacial score (nSPS) is 18.8. The fourth-order valence-electron chi connectivity index (χ4n) is 4.11. The van der Waals surface area contributed by atoms with Gasteiger partial charge in [0.25, 0.3) is 5.91 Å². The minimum Gasteiger partial charge on any atom is -0.477 e. The third kappa shape index (κ3) is 5.14. The van der Waals surface area contributed by atoms with E-state index in [2.05, 4.69) is 15.4 Å². The Morgan fingerprint density at radius 2 is 1.85 bits per heavy atom. The minimum absolute atomic E-state index is 0.0430. The number of amides is 1. The molecule has 12 heteroatoms. The summed E-state index contributed by atoms with van der Waals surface area (Å²) in [7, 11) is 0. The lowest BCUT2D eigenvalue weighted by Crippen LogP contribution is -2.29. The highest BCUT2D eigenvalue weighted by Gasteiger charge is 2.46. The van der Waals surface area contributed by atoms with Gasteiger partial charge in [-0.1, -0.05) is 0 Å². The van der Waals surface area contributed by atoms with Gasteiger partial charge in [0.05, 0.1) is 5.69 Å². The first kappa shape index (κ1) is 23.1. The lowest BCUT2D eigenvalue weighted by molar-refractivity contribution is -0.138. The molecule has 2 aromatic rings. The highest BCUT2D eigenvalue weighted by atomic mass is 19.4. The van der Waals surface area contributed by atoms with Crippen molar-refractivity contribution in [2.45, 2.75) is 63.1 Å². The fraction of sp³-hybridized carbons (Fsp3) is 0.524. The molecule has 4 rings (SSSR count). The molecule has 0 unspecified atom stereocenters. The Hall–Kier alpha value is -3.05. The summed E-state index contributed by atoms with van der Waals surface area (Å²) in [6, 6.07) is 2.28. The highest BCUT2D eigenvalue weighted by molar-refractivity contribution is 6.05. The first-order chi connectivity index (χ1) is 15.4. The lowest BCUT2D eigenvalue weighted by atomic mass is 9.87. The van der Waals surface area contributed by atoms with Crippen LogP contribution in [-0.4, -0.2) is 37.7 Å². The van der Waals surface area contributed by atoms with E-state index in [0.29, 0.717) is 12.8 Å². The van der Waals surface area contributed by atoms with E-state index >= 15 is 0 Å². The number of pyridine rings is 1. The number of nitrogens with zero attached hydrogens (tertiary/aromatic N) is 3. The lowest BCUT2D eigenvalue weighted by Gasteiger charge is -2.28. The van der Waals surface area contributed by atoms with Gasteiger partial charge in [0.1, 0.15) is 17.0 Å². The number of carbonyl (C=O) groups is 2. The Morgan fingerprint density at radius 3 is 2.42 bits per heavy atom. The van der Waals surface area contributed by atoms with E-state index in [9.17, 15) is 31.5 Å². The van der Waals surface area contributed by atoms with Gasteiger partial charge in [0, 0.05) is 37.2 Å². The predicted octanol–water partition coefficient (Wildman–Crippen LogP) is 4.95. The zero-order chi connectivity index (χ0) is 24.0. The molecule has 0 atom stereocenters. The molecule has 2 heterocycles. The molecule has 0 bridgehead atoms. The van der Waals surface area contributed by atoms with E-state index in [1.54, 1.807) is 0 Å². The van der Waals surface area contributed by atoms with E-state index in [1.807, 2.05) is 0 Å². The van der Waals surface area contributed by atoms with Crippen molar-refractivity contribution >= 4 is 17.6 Å². The average Bonchev–Trinajstić information content (AvgIpc) is 3.49. The maximum atomic E-state index is 14.0. The second-order valence-corrected chi connectivity index (χ2v) is 8.55. The van der Waals surface area contributed by atoms with Crippen LogP contribution >= 0.6 is 0 Å². The number of carbonyl (C=O) groups excluding carboxylic acids is 1. The molecule has 2 saturated carbocycles. The molecule has 2 aliphatic carbocycles.